The number of hydrogen-bond acceptors (Lipinski definition) is 4. The van der Waals surface area contributed by atoms with Crippen LogP contribution < -0.4 is 16.2 Å². The Morgan fingerprint density at radius 1 is 1.71 bits per heavy atom. The smallest absolute Gasteiger partial charge is 0.283 e. The Morgan fingerprint density at radius 2 is 2.53 bits per heavy atom. The van der Waals surface area contributed by atoms with Gasteiger partial charge in [0, 0.05) is 19.1 Å². The molecule has 2 N–H and O–H groups in total. The molecular formula is C11H17BrN4O. The van der Waals surface area contributed by atoms with Gasteiger partial charge in [-0.3, -0.25) is 4.79 Å². The fraction of sp³-hybridized carbons (Fsp3) is 0.636. The number of aromatic nitrogens is 2. The molecule has 1 aromatic rings. The fourth-order valence-corrected chi connectivity index (χ4v) is 2.42. The zero-order valence-corrected chi connectivity index (χ0v) is 11.5. The van der Waals surface area contributed by atoms with Crippen LogP contribution in [0.15, 0.2) is 15.5 Å². The Bertz CT molecular complexity index is 440. The lowest BCUT2D eigenvalue weighted by Gasteiger charge is -2.13. The van der Waals surface area contributed by atoms with E-state index in [1.807, 2.05) is 6.92 Å². The molecule has 1 aromatic heterocycles. The Kier molecular flexibility index (Phi) is 4.17. The first-order valence-corrected chi connectivity index (χ1v) is 6.74. The molecule has 2 heterocycles. The average Bonchev–Trinajstić information content (AvgIpc) is 2.84. The Morgan fingerprint density at radius 3 is 3.18 bits per heavy atom. The third kappa shape index (κ3) is 2.87. The molecule has 1 aliphatic rings. The topological polar surface area (TPSA) is 59.0 Å². The highest BCUT2D eigenvalue weighted by Gasteiger charge is 2.14. The lowest BCUT2D eigenvalue weighted by atomic mass is 10.2. The number of anilines is 1. The van der Waals surface area contributed by atoms with Crippen molar-refractivity contribution >= 4 is 21.6 Å². The predicted molar refractivity (Wildman–Crippen MR) is 71.4 cm³/mol. The van der Waals surface area contributed by atoms with Crippen LogP contribution in [-0.2, 0) is 6.54 Å². The molecule has 2 rings (SSSR count). The molecule has 5 nitrogen and oxygen atoms in total. The van der Waals surface area contributed by atoms with Crippen molar-refractivity contribution in [1.82, 2.24) is 15.1 Å². The third-order valence-electron chi connectivity index (χ3n) is 2.99. The summed E-state index contributed by atoms with van der Waals surface area (Å²) in [4.78, 5) is 11.8. The first-order valence-electron chi connectivity index (χ1n) is 5.95. The number of hydrogen-bond donors (Lipinski definition) is 2. The quantitative estimate of drug-likeness (QED) is 0.877. The lowest BCUT2D eigenvalue weighted by Crippen LogP contribution is -2.30. The summed E-state index contributed by atoms with van der Waals surface area (Å²) in [6.07, 6.45) is 4.11. The van der Waals surface area contributed by atoms with Crippen molar-refractivity contribution < 1.29 is 0 Å². The van der Waals surface area contributed by atoms with E-state index >= 15 is 0 Å². The molecule has 1 unspecified atom stereocenters. The minimum Gasteiger partial charge on any atom is -0.381 e. The maximum Gasteiger partial charge on any atom is 0.283 e. The standard InChI is InChI=1S/C11H17BrN4O/c1-2-16-11(17)10(12)9(7-15-16)14-6-8-4-3-5-13-8/h7-8,13-14H,2-6H2,1H3. The molecule has 1 atom stereocenters. The number of rotatable bonds is 4. The summed E-state index contributed by atoms with van der Waals surface area (Å²) in [5.41, 5.74) is 0.685. The van der Waals surface area contributed by atoms with Crippen LogP contribution in [0.25, 0.3) is 0 Å². The fourth-order valence-electron chi connectivity index (χ4n) is 1.98. The van der Waals surface area contributed by atoms with Crippen LogP contribution in [0.4, 0.5) is 5.69 Å². The molecule has 6 heteroatoms. The molecule has 1 aliphatic heterocycles. The van der Waals surface area contributed by atoms with Gasteiger partial charge in [-0.2, -0.15) is 5.10 Å². The van der Waals surface area contributed by atoms with E-state index in [1.54, 1.807) is 6.20 Å². The molecule has 0 spiro atoms. The molecule has 0 radical (unpaired) electrons. The molecule has 1 saturated heterocycles. The van der Waals surface area contributed by atoms with Gasteiger partial charge in [0.05, 0.1) is 11.9 Å². The molecule has 17 heavy (non-hydrogen) atoms. The van der Waals surface area contributed by atoms with E-state index in [9.17, 15) is 4.79 Å². The van der Waals surface area contributed by atoms with Crippen LogP contribution in [0.2, 0.25) is 0 Å². The number of nitrogens with one attached hydrogen (secondary N) is 2. The largest absolute Gasteiger partial charge is 0.381 e. The van der Waals surface area contributed by atoms with E-state index in [4.69, 9.17) is 0 Å². The van der Waals surface area contributed by atoms with Gasteiger partial charge < -0.3 is 10.6 Å². The minimum atomic E-state index is -0.0862. The average molecular weight is 301 g/mol. The van der Waals surface area contributed by atoms with Crippen LogP contribution in [0, 0.1) is 0 Å². The van der Waals surface area contributed by atoms with Crippen LogP contribution in [0.3, 0.4) is 0 Å². The normalized spacial score (nSPS) is 19.5. The van der Waals surface area contributed by atoms with Gasteiger partial charge in [-0.05, 0) is 42.2 Å². The predicted octanol–water partition coefficient (Wildman–Crippen LogP) is 1.19. The van der Waals surface area contributed by atoms with Crippen LogP contribution in [-0.4, -0.2) is 28.9 Å². The zero-order valence-electron chi connectivity index (χ0n) is 9.87. The summed E-state index contributed by atoms with van der Waals surface area (Å²) in [6, 6.07) is 0.496. The molecule has 0 aliphatic carbocycles. The van der Waals surface area contributed by atoms with Gasteiger partial charge in [-0.1, -0.05) is 0 Å². The summed E-state index contributed by atoms with van der Waals surface area (Å²) in [5.74, 6) is 0. The SMILES string of the molecule is CCn1ncc(NCC2CCCN2)c(Br)c1=O. The van der Waals surface area contributed by atoms with Gasteiger partial charge in [-0.15, -0.1) is 0 Å². The van der Waals surface area contributed by atoms with Crippen molar-refractivity contribution in [3.05, 3.63) is 21.0 Å². The van der Waals surface area contributed by atoms with E-state index in [-0.39, 0.29) is 5.56 Å². The number of halogens is 1. The molecule has 94 valence electrons. The summed E-state index contributed by atoms with van der Waals surface area (Å²) in [7, 11) is 0. The third-order valence-corrected chi connectivity index (χ3v) is 3.75. The molecule has 1 fully saturated rings. The van der Waals surface area contributed by atoms with E-state index in [1.165, 1.54) is 17.5 Å². The van der Waals surface area contributed by atoms with E-state index < -0.39 is 0 Å². The highest BCUT2D eigenvalue weighted by atomic mass is 79.9. The highest BCUT2D eigenvalue weighted by Crippen LogP contribution is 2.16. The Hall–Kier alpha value is -0.880. The second kappa shape index (κ2) is 5.64. The monoisotopic (exact) mass is 300 g/mol. The maximum absolute atomic E-state index is 11.8. The van der Waals surface area contributed by atoms with Crippen LogP contribution in [0.1, 0.15) is 19.8 Å². The van der Waals surface area contributed by atoms with Crippen molar-refractivity contribution in [2.45, 2.75) is 32.4 Å². The van der Waals surface area contributed by atoms with Gasteiger partial charge in [0.2, 0.25) is 0 Å². The van der Waals surface area contributed by atoms with Crippen molar-refractivity contribution in [1.29, 1.82) is 0 Å². The minimum absolute atomic E-state index is 0.0862. The Balaban J connectivity index is 2.05. The van der Waals surface area contributed by atoms with Gasteiger partial charge in [0.15, 0.2) is 0 Å². The molecule has 0 aromatic carbocycles. The van der Waals surface area contributed by atoms with Gasteiger partial charge in [-0.25, -0.2) is 4.68 Å². The van der Waals surface area contributed by atoms with Crippen molar-refractivity contribution in [2.75, 3.05) is 18.4 Å². The van der Waals surface area contributed by atoms with Crippen LogP contribution >= 0.6 is 15.9 Å². The van der Waals surface area contributed by atoms with Gasteiger partial charge in [0.25, 0.3) is 5.56 Å². The van der Waals surface area contributed by atoms with Crippen LogP contribution in [0.5, 0.6) is 0 Å². The zero-order chi connectivity index (χ0) is 12.3. The Labute approximate surface area is 109 Å². The second-order valence-electron chi connectivity index (χ2n) is 4.17. The maximum atomic E-state index is 11.8. The van der Waals surface area contributed by atoms with E-state index in [0.29, 0.717) is 17.1 Å². The summed E-state index contributed by atoms with van der Waals surface area (Å²) in [5, 5.41) is 10.8. The number of aryl methyl sites for hydroxylation is 1. The van der Waals surface area contributed by atoms with Crippen molar-refractivity contribution in [3.8, 4) is 0 Å². The van der Waals surface area contributed by atoms with Gasteiger partial charge >= 0.3 is 0 Å². The summed E-state index contributed by atoms with van der Waals surface area (Å²) < 4.78 is 2.00. The molecule has 0 bridgehead atoms. The summed E-state index contributed by atoms with van der Waals surface area (Å²) >= 11 is 3.33. The van der Waals surface area contributed by atoms with E-state index in [2.05, 4.69) is 31.7 Å². The first-order chi connectivity index (χ1) is 8.22. The van der Waals surface area contributed by atoms with E-state index in [0.717, 1.165) is 18.8 Å². The summed E-state index contributed by atoms with van der Waals surface area (Å²) in [6.45, 7) is 4.40. The highest BCUT2D eigenvalue weighted by molar-refractivity contribution is 9.10. The molecule has 0 amide bonds. The van der Waals surface area contributed by atoms with Gasteiger partial charge in [0.1, 0.15) is 4.47 Å². The lowest BCUT2D eigenvalue weighted by molar-refractivity contribution is 0.609. The van der Waals surface area contributed by atoms with Crippen molar-refractivity contribution in [2.24, 2.45) is 0 Å². The first kappa shape index (κ1) is 12.6. The van der Waals surface area contributed by atoms with Crippen molar-refractivity contribution in [3.63, 3.8) is 0 Å². The number of nitrogens with zero attached hydrogens (tertiary/aromatic N) is 2. The molecular weight excluding hydrogens is 284 g/mol. The second-order valence-corrected chi connectivity index (χ2v) is 4.96. The molecule has 0 saturated carbocycles.